The molecule has 2 aromatic rings. The van der Waals surface area contributed by atoms with E-state index in [9.17, 15) is 4.79 Å². The highest BCUT2D eigenvalue weighted by atomic mass is 35.5. The fourth-order valence-corrected chi connectivity index (χ4v) is 3.85. The summed E-state index contributed by atoms with van der Waals surface area (Å²) in [6.07, 6.45) is 5.55. The molecule has 1 amide bonds. The Kier molecular flexibility index (Phi) is 7.29. The summed E-state index contributed by atoms with van der Waals surface area (Å²) in [7, 11) is 0. The maximum absolute atomic E-state index is 12.2. The Balaban J connectivity index is 1.61. The van der Waals surface area contributed by atoms with Gasteiger partial charge in [-0.25, -0.2) is 0 Å². The van der Waals surface area contributed by atoms with Crippen molar-refractivity contribution in [3.05, 3.63) is 64.7 Å². The number of nitrogens with one attached hydrogen (secondary N) is 2. The molecule has 0 aromatic heterocycles. The van der Waals surface area contributed by atoms with Gasteiger partial charge >= 0.3 is 0 Å². The van der Waals surface area contributed by atoms with Crippen LogP contribution in [0.25, 0.3) is 6.08 Å². The van der Waals surface area contributed by atoms with Gasteiger partial charge in [-0.2, -0.15) is 0 Å². The summed E-state index contributed by atoms with van der Waals surface area (Å²) in [5, 5.41) is 6.74. The van der Waals surface area contributed by atoms with Crippen LogP contribution in [-0.2, 0) is 4.79 Å². The first kappa shape index (κ1) is 21.3. The number of rotatable bonds is 5. The van der Waals surface area contributed by atoms with E-state index < -0.39 is 0 Å². The van der Waals surface area contributed by atoms with Gasteiger partial charge in [0, 0.05) is 19.2 Å². The highest BCUT2D eigenvalue weighted by Crippen LogP contribution is 2.35. The quantitative estimate of drug-likeness (QED) is 0.482. The van der Waals surface area contributed by atoms with Gasteiger partial charge < -0.3 is 10.2 Å². The largest absolute Gasteiger partial charge is 0.369 e. The normalized spacial score (nSPS) is 13.9. The highest BCUT2D eigenvalue weighted by molar-refractivity contribution is 7.80. The zero-order valence-electron chi connectivity index (χ0n) is 16.7. The number of halogens is 1. The monoisotopic (exact) mass is 427 g/mol. The van der Waals surface area contributed by atoms with Gasteiger partial charge in [0.15, 0.2) is 5.11 Å². The molecule has 29 heavy (non-hydrogen) atoms. The molecule has 1 fully saturated rings. The lowest BCUT2D eigenvalue weighted by molar-refractivity contribution is -0.115. The van der Waals surface area contributed by atoms with Crippen molar-refractivity contribution in [3.63, 3.8) is 0 Å². The van der Waals surface area contributed by atoms with E-state index in [2.05, 4.69) is 41.5 Å². The minimum atomic E-state index is -0.278. The molecule has 6 heteroatoms. The van der Waals surface area contributed by atoms with Crippen molar-refractivity contribution in [2.24, 2.45) is 0 Å². The first-order chi connectivity index (χ1) is 13.9. The predicted octanol–water partition coefficient (Wildman–Crippen LogP) is 5.59. The summed E-state index contributed by atoms with van der Waals surface area (Å²) in [5.74, 6) is 0.205. The van der Waals surface area contributed by atoms with Crippen LogP contribution in [0.3, 0.4) is 0 Å². The molecular weight excluding hydrogens is 402 g/mol. The van der Waals surface area contributed by atoms with E-state index in [-0.39, 0.29) is 11.0 Å². The molecule has 0 saturated carbocycles. The fraction of sp³-hybridized carbons (Fsp3) is 0.304. The molecule has 1 aliphatic heterocycles. The first-order valence-corrected chi connectivity index (χ1v) is 10.7. The number of amides is 1. The third-order valence-corrected chi connectivity index (χ3v) is 5.43. The Bertz CT molecular complexity index is 903. The van der Waals surface area contributed by atoms with Crippen LogP contribution in [0.2, 0.25) is 5.02 Å². The number of nitrogens with zero attached hydrogens (tertiary/aromatic N) is 1. The maximum atomic E-state index is 12.2. The molecule has 1 aliphatic rings. The van der Waals surface area contributed by atoms with Crippen molar-refractivity contribution < 1.29 is 4.79 Å². The Morgan fingerprint density at radius 3 is 2.48 bits per heavy atom. The van der Waals surface area contributed by atoms with Gasteiger partial charge in [-0.1, -0.05) is 55.8 Å². The van der Waals surface area contributed by atoms with Crippen molar-refractivity contribution in [2.45, 2.75) is 32.6 Å². The Morgan fingerprint density at radius 1 is 1.14 bits per heavy atom. The van der Waals surface area contributed by atoms with E-state index in [0.29, 0.717) is 10.9 Å². The third kappa shape index (κ3) is 5.81. The summed E-state index contributed by atoms with van der Waals surface area (Å²) >= 11 is 11.8. The van der Waals surface area contributed by atoms with Crippen LogP contribution in [0.5, 0.6) is 0 Å². The summed E-state index contributed by atoms with van der Waals surface area (Å²) in [6.45, 7) is 6.24. The lowest BCUT2D eigenvalue weighted by atomic mass is 10.0. The van der Waals surface area contributed by atoms with E-state index in [4.69, 9.17) is 23.8 Å². The second kappa shape index (κ2) is 9.90. The Hall–Kier alpha value is -2.37. The molecule has 0 radical (unpaired) electrons. The number of carbonyl (C=O) groups is 1. The van der Waals surface area contributed by atoms with Crippen molar-refractivity contribution >= 4 is 52.3 Å². The van der Waals surface area contributed by atoms with Crippen molar-refractivity contribution in [2.75, 3.05) is 23.3 Å². The van der Waals surface area contributed by atoms with E-state index in [0.717, 1.165) is 42.9 Å². The number of benzene rings is 2. The van der Waals surface area contributed by atoms with Gasteiger partial charge in [-0.3, -0.25) is 10.1 Å². The summed E-state index contributed by atoms with van der Waals surface area (Å²) in [6, 6.07) is 13.8. The molecule has 1 saturated heterocycles. The first-order valence-electron chi connectivity index (χ1n) is 9.87. The molecule has 2 aromatic carbocycles. The highest BCUT2D eigenvalue weighted by Gasteiger charge is 2.19. The van der Waals surface area contributed by atoms with Crippen LogP contribution < -0.4 is 15.5 Å². The SMILES string of the molecule is CC(C)c1ccc(/C=C/C(=O)NC(=S)Nc2cccc(Cl)c2N2CCCC2)cc1. The van der Waals surface area contributed by atoms with Gasteiger partial charge in [-0.05, 0) is 60.3 Å². The maximum Gasteiger partial charge on any atom is 0.250 e. The predicted molar refractivity (Wildman–Crippen MR) is 127 cm³/mol. The zero-order valence-corrected chi connectivity index (χ0v) is 18.3. The van der Waals surface area contributed by atoms with Crippen molar-refractivity contribution in [1.82, 2.24) is 5.32 Å². The second-order valence-corrected chi connectivity index (χ2v) is 8.24. The molecule has 2 N–H and O–H groups in total. The van der Waals surface area contributed by atoms with Crippen LogP contribution >= 0.6 is 23.8 Å². The number of carbonyl (C=O) groups excluding carboxylic acids is 1. The van der Waals surface area contributed by atoms with Gasteiger partial charge in [0.25, 0.3) is 0 Å². The molecule has 0 unspecified atom stereocenters. The van der Waals surface area contributed by atoms with Crippen LogP contribution in [0.15, 0.2) is 48.5 Å². The van der Waals surface area contributed by atoms with E-state index in [1.807, 2.05) is 30.3 Å². The van der Waals surface area contributed by atoms with E-state index in [1.54, 1.807) is 6.08 Å². The number of hydrogen-bond donors (Lipinski definition) is 2. The fourth-order valence-electron chi connectivity index (χ4n) is 3.35. The molecule has 4 nitrogen and oxygen atoms in total. The standard InChI is InChI=1S/C23H26ClN3OS/c1-16(2)18-11-8-17(9-12-18)10-13-21(28)26-23(29)25-20-7-5-6-19(24)22(20)27-14-3-4-15-27/h5-13,16H,3-4,14-15H2,1-2H3,(H2,25,26,28,29)/b13-10+. The van der Waals surface area contributed by atoms with Crippen molar-refractivity contribution in [1.29, 1.82) is 0 Å². The molecule has 0 atom stereocenters. The lowest BCUT2D eigenvalue weighted by Crippen LogP contribution is -2.33. The molecule has 152 valence electrons. The number of thiocarbonyl (C=S) groups is 1. The van der Waals surface area contributed by atoms with Crippen LogP contribution in [0, 0.1) is 0 Å². The summed E-state index contributed by atoms with van der Waals surface area (Å²) in [5.41, 5.74) is 3.98. The van der Waals surface area contributed by atoms with E-state index >= 15 is 0 Å². The number of para-hydroxylation sites is 1. The topological polar surface area (TPSA) is 44.4 Å². The van der Waals surface area contributed by atoms with Gasteiger partial charge in [0.2, 0.25) is 5.91 Å². The average Bonchev–Trinajstić information content (AvgIpc) is 3.21. The third-order valence-electron chi connectivity index (χ3n) is 4.92. The lowest BCUT2D eigenvalue weighted by Gasteiger charge is -2.23. The molecule has 0 bridgehead atoms. The smallest absolute Gasteiger partial charge is 0.250 e. The number of anilines is 2. The summed E-state index contributed by atoms with van der Waals surface area (Å²) < 4.78 is 0. The summed E-state index contributed by atoms with van der Waals surface area (Å²) in [4.78, 5) is 14.5. The average molecular weight is 428 g/mol. The van der Waals surface area contributed by atoms with Crippen LogP contribution in [0.1, 0.15) is 43.7 Å². The molecule has 0 aliphatic carbocycles. The van der Waals surface area contributed by atoms with E-state index in [1.165, 1.54) is 11.6 Å². The molecule has 1 heterocycles. The minimum absolute atomic E-state index is 0.248. The zero-order chi connectivity index (χ0) is 20.8. The molecular formula is C23H26ClN3OS. The minimum Gasteiger partial charge on any atom is -0.369 e. The molecule has 3 rings (SSSR count). The van der Waals surface area contributed by atoms with Gasteiger partial charge in [0.1, 0.15) is 0 Å². The number of hydrogen-bond acceptors (Lipinski definition) is 3. The van der Waals surface area contributed by atoms with Crippen LogP contribution in [-0.4, -0.2) is 24.1 Å². The Morgan fingerprint density at radius 2 is 1.83 bits per heavy atom. The Labute approximate surface area is 182 Å². The van der Waals surface area contributed by atoms with Crippen molar-refractivity contribution in [3.8, 4) is 0 Å². The molecule has 0 spiro atoms. The second-order valence-electron chi connectivity index (χ2n) is 7.43. The van der Waals surface area contributed by atoms with Gasteiger partial charge in [0.05, 0.1) is 16.4 Å². The van der Waals surface area contributed by atoms with Gasteiger partial charge in [-0.15, -0.1) is 0 Å². The van der Waals surface area contributed by atoms with Crippen LogP contribution in [0.4, 0.5) is 11.4 Å².